The van der Waals surface area contributed by atoms with Gasteiger partial charge in [0.2, 0.25) is 5.91 Å². The lowest BCUT2D eigenvalue weighted by Crippen LogP contribution is -2.21. The zero-order valence-electron chi connectivity index (χ0n) is 9.98. The Hall–Kier alpha value is -1.62. The summed E-state index contributed by atoms with van der Waals surface area (Å²) in [7, 11) is 0. The molecule has 5 heteroatoms. The first-order valence-electron chi connectivity index (χ1n) is 5.75. The number of carbonyl (C=O) groups excluding carboxylic acids is 1. The number of H-pyrrole nitrogens is 1. The topological polar surface area (TPSA) is 57.8 Å². The molecule has 0 radical (unpaired) electrons. The zero-order chi connectivity index (χ0) is 13.0. The lowest BCUT2D eigenvalue weighted by atomic mass is 10.1. The van der Waals surface area contributed by atoms with Gasteiger partial charge in [0, 0.05) is 17.4 Å². The highest BCUT2D eigenvalue weighted by molar-refractivity contribution is 9.10. The molecule has 4 nitrogen and oxygen atoms in total. The monoisotopic (exact) mass is 307 g/mol. The van der Waals surface area contributed by atoms with E-state index in [1.54, 1.807) is 6.20 Å². The molecule has 94 valence electrons. The van der Waals surface area contributed by atoms with Gasteiger partial charge < -0.3 is 5.32 Å². The van der Waals surface area contributed by atoms with Crippen LogP contribution in [0.3, 0.4) is 0 Å². The predicted molar refractivity (Wildman–Crippen MR) is 75.7 cm³/mol. The molecule has 2 aromatic rings. The van der Waals surface area contributed by atoms with E-state index in [2.05, 4.69) is 31.4 Å². The molecule has 18 heavy (non-hydrogen) atoms. The number of nitrogens with one attached hydrogen (secondary N) is 2. The van der Waals surface area contributed by atoms with Crippen LogP contribution in [0.1, 0.15) is 13.3 Å². The molecule has 0 saturated heterocycles. The molecule has 0 aliphatic rings. The van der Waals surface area contributed by atoms with Crippen LogP contribution >= 0.6 is 15.9 Å². The number of hydrogen-bond donors (Lipinski definition) is 2. The Morgan fingerprint density at radius 1 is 1.50 bits per heavy atom. The van der Waals surface area contributed by atoms with Crippen LogP contribution in [0.4, 0.5) is 5.69 Å². The standard InChI is InChI=1S/C13H14BrN3O/c1-2-11(14)13(18)16-10-5-3-4-9(8-10)12-6-7-15-17-12/h3-8,11H,2H2,1H3,(H,15,17)(H,16,18). The molecular weight excluding hydrogens is 294 g/mol. The van der Waals surface area contributed by atoms with Gasteiger partial charge in [-0.1, -0.05) is 35.0 Å². The lowest BCUT2D eigenvalue weighted by Gasteiger charge is -2.09. The van der Waals surface area contributed by atoms with Crippen molar-refractivity contribution in [2.24, 2.45) is 0 Å². The second kappa shape index (κ2) is 5.82. The SMILES string of the molecule is CCC(Br)C(=O)Nc1cccc(-c2ccn[nH]2)c1. The molecule has 0 aliphatic carbocycles. The molecule has 0 spiro atoms. The summed E-state index contributed by atoms with van der Waals surface area (Å²) >= 11 is 3.33. The number of aromatic nitrogens is 2. The molecule has 2 N–H and O–H groups in total. The normalized spacial score (nSPS) is 12.1. The molecule has 1 atom stereocenters. The van der Waals surface area contributed by atoms with Crippen LogP contribution in [-0.2, 0) is 4.79 Å². The lowest BCUT2D eigenvalue weighted by molar-refractivity contribution is -0.115. The molecule has 2 rings (SSSR count). The quantitative estimate of drug-likeness (QED) is 0.852. The van der Waals surface area contributed by atoms with E-state index in [0.717, 1.165) is 23.4 Å². The molecule has 1 aromatic carbocycles. The van der Waals surface area contributed by atoms with Gasteiger partial charge in [-0.2, -0.15) is 5.10 Å². The molecule has 1 unspecified atom stereocenters. The first kappa shape index (κ1) is 12.8. The summed E-state index contributed by atoms with van der Waals surface area (Å²) in [6.07, 6.45) is 2.46. The van der Waals surface area contributed by atoms with Crippen LogP contribution in [0.25, 0.3) is 11.3 Å². The molecule has 1 heterocycles. The molecular formula is C13H14BrN3O. The van der Waals surface area contributed by atoms with Gasteiger partial charge in [0.1, 0.15) is 0 Å². The summed E-state index contributed by atoms with van der Waals surface area (Å²) < 4.78 is 0. The van der Waals surface area contributed by atoms with Gasteiger partial charge in [-0.15, -0.1) is 0 Å². The van der Waals surface area contributed by atoms with Crippen molar-refractivity contribution in [1.29, 1.82) is 0 Å². The Balaban J connectivity index is 2.16. The summed E-state index contributed by atoms with van der Waals surface area (Å²) in [5.41, 5.74) is 2.70. The Kier molecular flexibility index (Phi) is 4.15. The van der Waals surface area contributed by atoms with Crippen LogP contribution in [0.5, 0.6) is 0 Å². The van der Waals surface area contributed by atoms with Crippen molar-refractivity contribution < 1.29 is 4.79 Å². The third-order valence-corrected chi connectivity index (χ3v) is 3.65. The average Bonchev–Trinajstić information content (AvgIpc) is 2.92. The fourth-order valence-corrected chi connectivity index (χ4v) is 1.70. The Bertz CT molecular complexity index is 525. The van der Waals surface area contributed by atoms with Gasteiger partial charge in [0.15, 0.2) is 0 Å². The average molecular weight is 308 g/mol. The first-order chi connectivity index (χ1) is 8.70. The summed E-state index contributed by atoms with van der Waals surface area (Å²) in [5, 5.41) is 9.68. The van der Waals surface area contributed by atoms with Crippen LogP contribution in [-0.4, -0.2) is 20.9 Å². The maximum atomic E-state index is 11.8. The Labute approximate surface area is 114 Å². The van der Waals surface area contributed by atoms with Gasteiger partial charge in [0.05, 0.1) is 10.5 Å². The fourth-order valence-electron chi connectivity index (χ4n) is 1.59. The van der Waals surface area contributed by atoms with Crippen molar-refractivity contribution in [2.45, 2.75) is 18.2 Å². The van der Waals surface area contributed by atoms with E-state index >= 15 is 0 Å². The molecule has 0 aliphatic heterocycles. The first-order valence-corrected chi connectivity index (χ1v) is 6.67. The van der Waals surface area contributed by atoms with E-state index in [4.69, 9.17) is 0 Å². The van der Waals surface area contributed by atoms with Crippen molar-refractivity contribution in [3.63, 3.8) is 0 Å². The third kappa shape index (κ3) is 2.98. The highest BCUT2D eigenvalue weighted by atomic mass is 79.9. The Morgan fingerprint density at radius 3 is 3.00 bits per heavy atom. The van der Waals surface area contributed by atoms with E-state index < -0.39 is 0 Å². The number of carbonyl (C=O) groups is 1. The molecule has 1 aromatic heterocycles. The van der Waals surface area contributed by atoms with Gasteiger partial charge >= 0.3 is 0 Å². The predicted octanol–water partition coefficient (Wildman–Crippen LogP) is 3.19. The number of nitrogens with zero attached hydrogens (tertiary/aromatic N) is 1. The van der Waals surface area contributed by atoms with Crippen molar-refractivity contribution in [3.8, 4) is 11.3 Å². The summed E-state index contributed by atoms with van der Waals surface area (Å²) in [4.78, 5) is 11.6. The molecule has 1 amide bonds. The number of alkyl halides is 1. The number of anilines is 1. The number of aromatic amines is 1. The minimum atomic E-state index is -0.159. The van der Waals surface area contributed by atoms with Crippen molar-refractivity contribution >= 4 is 27.5 Å². The number of hydrogen-bond acceptors (Lipinski definition) is 2. The smallest absolute Gasteiger partial charge is 0.238 e. The van der Waals surface area contributed by atoms with E-state index in [0.29, 0.717) is 0 Å². The number of halogens is 1. The van der Waals surface area contributed by atoms with E-state index in [1.165, 1.54) is 0 Å². The van der Waals surface area contributed by atoms with Crippen LogP contribution in [0, 0.1) is 0 Å². The highest BCUT2D eigenvalue weighted by Gasteiger charge is 2.12. The van der Waals surface area contributed by atoms with E-state index in [-0.39, 0.29) is 10.7 Å². The Morgan fingerprint density at radius 2 is 2.33 bits per heavy atom. The minimum Gasteiger partial charge on any atom is -0.325 e. The zero-order valence-corrected chi connectivity index (χ0v) is 11.6. The van der Waals surface area contributed by atoms with E-state index in [9.17, 15) is 4.79 Å². The van der Waals surface area contributed by atoms with Crippen molar-refractivity contribution in [2.75, 3.05) is 5.32 Å². The van der Waals surface area contributed by atoms with Crippen molar-refractivity contribution in [1.82, 2.24) is 10.2 Å². The highest BCUT2D eigenvalue weighted by Crippen LogP contribution is 2.21. The molecule has 0 fully saturated rings. The molecule has 0 saturated carbocycles. The maximum Gasteiger partial charge on any atom is 0.238 e. The van der Waals surface area contributed by atoms with Gasteiger partial charge in [-0.25, -0.2) is 0 Å². The fraction of sp³-hybridized carbons (Fsp3) is 0.231. The van der Waals surface area contributed by atoms with Gasteiger partial charge in [0.25, 0.3) is 0 Å². The second-order valence-electron chi connectivity index (χ2n) is 3.92. The third-order valence-electron chi connectivity index (χ3n) is 2.58. The maximum absolute atomic E-state index is 11.8. The van der Waals surface area contributed by atoms with Gasteiger partial charge in [-0.05, 0) is 24.6 Å². The van der Waals surface area contributed by atoms with Crippen molar-refractivity contribution in [3.05, 3.63) is 36.5 Å². The second-order valence-corrected chi connectivity index (χ2v) is 5.02. The van der Waals surface area contributed by atoms with Crippen LogP contribution in [0.2, 0.25) is 0 Å². The van der Waals surface area contributed by atoms with E-state index in [1.807, 2.05) is 37.3 Å². The minimum absolute atomic E-state index is 0.0285. The summed E-state index contributed by atoms with van der Waals surface area (Å²) in [6, 6.07) is 9.55. The van der Waals surface area contributed by atoms with Gasteiger partial charge in [-0.3, -0.25) is 9.89 Å². The van der Waals surface area contributed by atoms with Crippen LogP contribution < -0.4 is 5.32 Å². The molecule has 0 bridgehead atoms. The number of rotatable bonds is 4. The number of benzene rings is 1. The largest absolute Gasteiger partial charge is 0.325 e. The van der Waals surface area contributed by atoms with Crippen LogP contribution in [0.15, 0.2) is 36.5 Å². The number of amides is 1. The summed E-state index contributed by atoms with van der Waals surface area (Å²) in [6.45, 7) is 1.96. The summed E-state index contributed by atoms with van der Waals surface area (Å²) in [5.74, 6) is -0.0285.